The third kappa shape index (κ3) is 4.49. The summed E-state index contributed by atoms with van der Waals surface area (Å²) in [4.78, 5) is 42.2. The van der Waals surface area contributed by atoms with E-state index in [2.05, 4.69) is 36.2 Å². The summed E-state index contributed by atoms with van der Waals surface area (Å²) in [6.45, 7) is 8.73. The summed E-state index contributed by atoms with van der Waals surface area (Å²) in [5.74, 6) is -0.342. The van der Waals surface area contributed by atoms with Crippen molar-refractivity contribution in [3.63, 3.8) is 0 Å². The largest absolute Gasteiger partial charge is 0.368 e. The van der Waals surface area contributed by atoms with Gasteiger partial charge in [0, 0.05) is 18.6 Å². The fraction of sp³-hybridized carbons (Fsp3) is 0.679. The van der Waals surface area contributed by atoms with E-state index in [9.17, 15) is 14.4 Å². The Morgan fingerprint density at radius 3 is 2.19 bits per heavy atom. The maximum Gasteiger partial charge on any atom is 0.321 e. The van der Waals surface area contributed by atoms with E-state index in [1.807, 2.05) is 36.9 Å². The molecule has 1 heterocycles. The maximum absolute atomic E-state index is 14.1. The Labute approximate surface area is 215 Å². The molecule has 2 saturated carbocycles. The van der Waals surface area contributed by atoms with Crippen LogP contribution in [-0.2, 0) is 15.1 Å². The number of nitrogens with two attached hydrogens (primary N) is 2. The molecule has 4 amide bonds. The minimum absolute atomic E-state index is 0.00640. The lowest BCUT2D eigenvalue weighted by molar-refractivity contribution is -0.132. The maximum atomic E-state index is 14.1. The molecule has 8 nitrogen and oxygen atoms in total. The van der Waals surface area contributed by atoms with Gasteiger partial charge in [-0.2, -0.15) is 0 Å². The quantitative estimate of drug-likeness (QED) is 0.511. The fourth-order valence-corrected chi connectivity index (χ4v) is 6.52. The van der Waals surface area contributed by atoms with Crippen LogP contribution in [0.4, 0.5) is 4.79 Å². The first-order valence-electron chi connectivity index (χ1n) is 13.3. The second-order valence-corrected chi connectivity index (χ2v) is 12.4. The Hall–Kier alpha value is -2.61. The van der Waals surface area contributed by atoms with Gasteiger partial charge in [0.25, 0.3) is 0 Å². The van der Waals surface area contributed by atoms with Gasteiger partial charge in [-0.05, 0) is 77.7 Å². The van der Waals surface area contributed by atoms with E-state index in [1.165, 1.54) is 6.42 Å². The molecule has 5 N–H and O–H groups in total. The van der Waals surface area contributed by atoms with E-state index in [0.29, 0.717) is 5.92 Å². The summed E-state index contributed by atoms with van der Waals surface area (Å²) in [5, 5.41) is 2.62. The van der Waals surface area contributed by atoms with E-state index in [4.69, 9.17) is 11.5 Å². The number of carbonyl (C=O) groups excluding carboxylic acids is 3. The number of nitrogens with one attached hydrogen (secondary N) is 1. The van der Waals surface area contributed by atoms with Crippen molar-refractivity contribution < 1.29 is 14.4 Å². The van der Waals surface area contributed by atoms with E-state index in [1.54, 1.807) is 0 Å². The summed E-state index contributed by atoms with van der Waals surface area (Å²) in [6, 6.07) is 10.3. The lowest BCUT2D eigenvalue weighted by atomic mass is 9.62. The van der Waals surface area contributed by atoms with Crippen LogP contribution in [0.25, 0.3) is 0 Å². The predicted octanol–water partition coefficient (Wildman–Crippen LogP) is 3.10. The molecule has 3 fully saturated rings. The van der Waals surface area contributed by atoms with Crippen LogP contribution in [0, 0.1) is 11.3 Å². The molecule has 3 aliphatic rings. The first kappa shape index (κ1) is 26.5. The lowest BCUT2D eigenvalue weighted by Crippen LogP contribution is -2.63. The lowest BCUT2D eigenvalue weighted by Gasteiger charge is -2.54. The highest BCUT2D eigenvalue weighted by Gasteiger charge is 2.64. The third-order valence-corrected chi connectivity index (χ3v) is 9.37. The predicted molar refractivity (Wildman–Crippen MR) is 140 cm³/mol. The van der Waals surface area contributed by atoms with Gasteiger partial charge >= 0.3 is 6.03 Å². The van der Waals surface area contributed by atoms with Gasteiger partial charge in [0.05, 0.1) is 23.0 Å². The Kier molecular flexibility index (Phi) is 6.88. The van der Waals surface area contributed by atoms with Crippen molar-refractivity contribution in [3.8, 4) is 0 Å². The molecule has 36 heavy (non-hydrogen) atoms. The Morgan fingerprint density at radius 1 is 1.06 bits per heavy atom. The Bertz CT molecular complexity index is 994. The van der Waals surface area contributed by atoms with Gasteiger partial charge in [0.2, 0.25) is 11.8 Å². The Morgan fingerprint density at radius 2 is 1.67 bits per heavy atom. The molecule has 8 heteroatoms. The van der Waals surface area contributed by atoms with Crippen LogP contribution in [0.15, 0.2) is 30.3 Å². The van der Waals surface area contributed by atoms with Crippen molar-refractivity contribution in [1.29, 1.82) is 0 Å². The van der Waals surface area contributed by atoms with Crippen molar-refractivity contribution in [3.05, 3.63) is 35.9 Å². The van der Waals surface area contributed by atoms with Crippen molar-refractivity contribution in [2.45, 2.75) is 89.3 Å². The first-order chi connectivity index (χ1) is 16.8. The number of rotatable bonds is 8. The molecule has 1 saturated heterocycles. The molecule has 1 spiro atoms. The normalized spacial score (nSPS) is 28.3. The van der Waals surface area contributed by atoms with Gasteiger partial charge in [0.15, 0.2) is 0 Å². The average molecular weight is 498 g/mol. The van der Waals surface area contributed by atoms with Crippen molar-refractivity contribution in [2.24, 2.45) is 22.8 Å². The zero-order chi connectivity index (χ0) is 26.4. The zero-order valence-electron chi connectivity index (χ0n) is 22.3. The first-order valence-corrected chi connectivity index (χ1v) is 13.3. The Balaban J connectivity index is 1.61. The van der Waals surface area contributed by atoms with Crippen LogP contribution < -0.4 is 16.8 Å². The second kappa shape index (κ2) is 9.36. The molecule has 2 aliphatic carbocycles. The molecule has 1 aliphatic heterocycles. The van der Waals surface area contributed by atoms with Crippen LogP contribution in [0.1, 0.15) is 78.2 Å². The van der Waals surface area contributed by atoms with E-state index in [-0.39, 0.29) is 30.6 Å². The van der Waals surface area contributed by atoms with Gasteiger partial charge in [-0.15, -0.1) is 0 Å². The number of nitrogens with zero attached hydrogens (tertiary/aromatic N) is 2. The molecule has 0 aromatic heterocycles. The molecule has 0 bridgehead atoms. The van der Waals surface area contributed by atoms with Crippen molar-refractivity contribution in [2.75, 3.05) is 19.6 Å². The number of amides is 4. The van der Waals surface area contributed by atoms with Crippen LogP contribution in [0.2, 0.25) is 0 Å². The zero-order valence-corrected chi connectivity index (χ0v) is 22.3. The SMILES string of the molecule is CC(C)(CN1C(=O)N(CC2CCC2)C2(CCC(N)(c3ccccc3)CC2)C1(C)C)C(=O)NCC(N)=O. The van der Waals surface area contributed by atoms with Crippen molar-refractivity contribution >= 4 is 17.8 Å². The van der Waals surface area contributed by atoms with Crippen LogP contribution >= 0.6 is 0 Å². The molecule has 1 aromatic carbocycles. The van der Waals surface area contributed by atoms with Crippen LogP contribution in [0.5, 0.6) is 0 Å². The number of benzene rings is 1. The monoisotopic (exact) mass is 497 g/mol. The number of primary amides is 1. The average Bonchev–Trinajstić information content (AvgIpc) is 2.94. The van der Waals surface area contributed by atoms with E-state index >= 15 is 0 Å². The fourth-order valence-electron chi connectivity index (χ4n) is 6.52. The summed E-state index contributed by atoms with van der Waals surface area (Å²) in [6.07, 6.45) is 6.76. The van der Waals surface area contributed by atoms with E-state index < -0.39 is 22.4 Å². The minimum Gasteiger partial charge on any atom is -0.368 e. The molecule has 0 atom stereocenters. The molecular weight excluding hydrogens is 454 g/mol. The van der Waals surface area contributed by atoms with Crippen molar-refractivity contribution in [1.82, 2.24) is 15.1 Å². The third-order valence-electron chi connectivity index (χ3n) is 9.37. The highest BCUT2D eigenvalue weighted by atomic mass is 16.2. The van der Waals surface area contributed by atoms with Crippen LogP contribution in [-0.4, -0.2) is 58.4 Å². The van der Waals surface area contributed by atoms with Gasteiger partial charge < -0.3 is 26.6 Å². The molecular formula is C28H43N5O3. The summed E-state index contributed by atoms with van der Waals surface area (Å²) in [5.41, 5.74) is 11.2. The highest BCUT2D eigenvalue weighted by molar-refractivity contribution is 5.88. The van der Waals surface area contributed by atoms with Gasteiger partial charge in [-0.1, -0.05) is 36.8 Å². The number of hydrogen-bond donors (Lipinski definition) is 3. The summed E-state index contributed by atoms with van der Waals surface area (Å²) in [7, 11) is 0. The van der Waals surface area contributed by atoms with Gasteiger partial charge in [-0.3, -0.25) is 9.59 Å². The standard InChI is InChI=1S/C28H43N5O3/c1-25(2,23(35)31-17-22(29)34)19-33-24(36)32(18-20-9-8-10-20)28(26(33,3)4)15-13-27(30,14-16-28)21-11-6-5-7-12-21/h5-7,11-12,20H,8-10,13-19,30H2,1-4H3,(H2,29,34)(H,31,35). The second-order valence-electron chi connectivity index (χ2n) is 12.4. The topological polar surface area (TPSA) is 122 Å². The van der Waals surface area contributed by atoms with Crippen LogP contribution in [0.3, 0.4) is 0 Å². The number of hydrogen-bond acceptors (Lipinski definition) is 4. The molecule has 0 radical (unpaired) electrons. The smallest absolute Gasteiger partial charge is 0.321 e. The van der Waals surface area contributed by atoms with Gasteiger partial charge in [-0.25, -0.2) is 4.79 Å². The molecule has 198 valence electrons. The summed E-state index contributed by atoms with van der Waals surface area (Å²) >= 11 is 0. The molecule has 4 rings (SSSR count). The highest BCUT2D eigenvalue weighted by Crippen LogP contribution is 2.54. The summed E-state index contributed by atoms with van der Waals surface area (Å²) < 4.78 is 0. The molecule has 0 unspecified atom stereocenters. The minimum atomic E-state index is -0.883. The van der Waals surface area contributed by atoms with E-state index in [0.717, 1.165) is 50.6 Å². The number of carbonyl (C=O) groups is 3. The number of urea groups is 1. The van der Waals surface area contributed by atoms with Gasteiger partial charge in [0.1, 0.15) is 0 Å². The molecule has 1 aromatic rings.